The summed E-state index contributed by atoms with van der Waals surface area (Å²) in [7, 11) is 0. The third kappa shape index (κ3) is 3.47. The van der Waals surface area contributed by atoms with Gasteiger partial charge in [-0.3, -0.25) is 0 Å². The fourth-order valence-electron chi connectivity index (χ4n) is 2.06. The molecule has 0 amide bonds. The van der Waals surface area contributed by atoms with Crippen molar-refractivity contribution < 1.29 is 17.9 Å². The molecule has 0 aliphatic carbocycles. The van der Waals surface area contributed by atoms with Crippen molar-refractivity contribution in [2.75, 3.05) is 13.2 Å². The lowest BCUT2D eigenvalue weighted by molar-refractivity contribution is -0.137. The molecule has 0 N–H and O–H groups in total. The number of hydrogen-bond acceptors (Lipinski definition) is 1. The Balaban J connectivity index is 2.19. The highest BCUT2D eigenvalue weighted by Crippen LogP contribution is 2.30. The van der Waals surface area contributed by atoms with Crippen LogP contribution in [-0.4, -0.2) is 13.2 Å². The van der Waals surface area contributed by atoms with Crippen LogP contribution in [0, 0.1) is 5.92 Å². The maximum atomic E-state index is 12.4. The molecule has 1 aromatic carbocycles. The first-order valence-corrected chi connectivity index (χ1v) is 6.09. The largest absolute Gasteiger partial charge is 0.416 e. The zero-order valence-corrected chi connectivity index (χ0v) is 10.6. The number of halogens is 3. The number of ether oxygens (including phenoxy) is 1. The topological polar surface area (TPSA) is 9.23 Å². The average molecular weight is 268 g/mol. The SMILES string of the molecule is C/C=C/C1COC/C1=C\c1ccc(C(F)(F)F)cc1. The van der Waals surface area contributed by atoms with E-state index in [1.807, 2.05) is 25.2 Å². The quantitative estimate of drug-likeness (QED) is 0.726. The van der Waals surface area contributed by atoms with Gasteiger partial charge in [0.05, 0.1) is 18.8 Å². The second kappa shape index (κ2) is 5.61. The standard InChI is InChI=1S/C15H15F3O/c1-2-3-12-9-19-10-13(12)8-11-4-6-14(7-5-11)15(16,17)18/h2-8,12H,9-10H2,1H3/b3-2+,13-8+. The zero-order valence-electron chi connectivity index (χ0n) is 10.6. The summed E-state index contributed by atoms with van der Waals surface area (Å²) in [5.41, 5.74) is 1.24. The van der Waals surface area contributed by atoms with E-state index in [1.165, 1.54) is 12.1 Å². The normalized spacial score (nSPS) is 22.5. The number of alkyl halides is 3. The predicted octanol–water partition coefficient (Wildman–Crippen LogP) is 4.31. The van der Waals surface area contributed by atoms with E-state index < -0.39 is 11.7 Å². The Kier molecular flexibility index (Phi) is 4.10. The van der Waals surface area contributed by atoms with Crippen LogP contribution in [0.4, 0.5) is 13.2 Å². The first-order chi connectivity index (χ1) is 9.00. The van der Waals surface area contributed by atoms with Gasteiger partial charge in [-0.2, -0.15) is 13.2 Å². The van der Waals surface area contributed by atoms with Crippen molar-refractivity contribution >= 4 is 6.08 Å². The molecule has 102 valence electrons. The van der Waals surface area contributed by atoms with E-state index >= 15 is 0 Å². The molecule has 0 aromatic heterocycles. The molecule has 0 spiro atoms. The van der Waals surface area contributed by atoms with Gasteiger partial charge in [0.1, 0.15) is 0 Å². The molecule has 0 radical (unpaired) electrons. The van der Waals surface area contributed by atoms with E-state index in [4.69, 9.17) is 4.74 Å². The Labute approximate surface area is 110 Å². The lowest BCUT2D eigenvalue weighted by Crippen LogP contribution is -2.04. The summed E-state index contributed by atoms with van der Waals surface area (Å²) in [5, 5.41) is 0. The summed E-state index contributed by atoms with van der Waals surface area (Å²) in [4.78, 5) is 0. The van der Waals surface area contributed by atoms with Gasteiger partial charge in [-0.1, -0.05) is 30.4 Å². The van der Waals surface area contributed by atoms with Gasteiger partial charge in [0.15, 0.2) is 0 Å². The Morgan fingerprint density at radius 2 is 1.89 bits per heavy atom. The van der Waals surface area contributed by atoms with Crippen molar-refractivity contribution in [1.29, 1.82) is 0 Å². The molecular formula is C15H15F3O. The molecule has 1 heterocycles. The number of rotatable bonds is 2. The van der Waals surface area contributed by atoms with Gasteiger partial charge < -0.3 is 4.74 Å². The maximum absolute atomic E-state index is 12.4. The highest BCUT2D eigenvalue weighted by Gasteiger charge is 2.29. The molecule has 1 nitrogen and oxygen atoms in total. The summed E-state index contributed by atoms with van der Waals surface area (Å²) in [5.74, 6) is 0.229. The van der Waals surface area contributed by atoms with E-state index in [0.29, 0.717) is 13.2 Å². The highest BCUT2D eigenvalue weighted by molar-refractivity contribution is 5.55. The summed E-state index contributed by atoms with van der Waals surface area (Å²) in [6, 6.07) is 5.18. The lowest BCUT2D eigenvalue weighted by atomic mass is 9.99. The molecule has 19 heavy (non-hydrogen) atoms. The predicted molar refractivity (Wildman–Crippen MR) is 68.5 cm³/mol. The van der Waals surface area contributed by atoms with Gasteiger partial charge in [-0.05, 0) is 30.2 Å². The van der Waals surface area contributed by atoms with Crippen LogP contribution in [0.5, 0.6) is 0 Å². The van der Waals surface area contributed by atoms with E-state index in [0.717, 1.165) is 23.3 Å². The Morgan fingerprint density at radius 1 is 1.21 bits per heavy atom. The summed E-state index contributed by atoms with van der Waals surface area (Å²) < 4.78 is 42.7. The second-order valence-electron chi connectivity index (χ2n) is 4.49. The molecule has 1 atom stereocenters. The van der Waals surface area contributed by atoms with Crippen molar-refractivity contribution in [1.82, 2.24) is 0 Å². The molecule has 0 saturated carbocycles. The van der Waals surface area contributed by atoms with Crippen LogP contribution in [0.15, 0.2) is 42.0 Å². The maximum Gasteiger partial charge on any atom is 0.416 e. The molecule has 1 saturated heterocycles. The van der Waals surface area contributed by atoms with Crippen LogP contribution in [0.2, 0.25) is 0 Å². The van der Waals surface area contributed by atoms with Crippen LogP contribution in [0.3, 0.4) is 0 Å². The first-order valence-electron chi connectivity index (χ1n) is 6.09. The van der Waals surface area contributed by atoms with Crippen molar-refractivity contribution in [2.24, 2.45) is 5.92 Å². The van der Waals surface area contributed by atoms with Crippen molar-refractivity contribution in [3.63, 3.8) is 0 Å². The molecule has 0 bridgehead atoms. The fraction of sp³-hybridized carbons (Fsp3) is 0.333. The summed E-state index contributed by atoms with van der Waals surface area (Å²) >= 11 is 0. The van der Waals surface area contributed by atoms with E-state index in [9.17, 15) is 13.2 Å². The lowest BCUT2D eigenvalue weighted by Gasteiger charge is -2.07. The minimum atomic E-state index is -4.28. The summed E-state index contributed by atoms with van der Waals surface area (Å²) in [6.45, 7) is 3.11. The van der Waals surface area contributed by atoms with Gasteiger partial charge >= 0.3 is 6.18 Å². The molecule has 4 heteroatoms. The van der Waals surface area contributed by atoms with Crippen LogP contribution >= 0.6 is 0 Å². The molecule has 1 aliphatic heterocycles. The Morgan fingerprint density at radius 3 is 2.47 bits per heavy atom. The van der Waals surface area contributed by atoms with E-state index in [1.54, 1.807) is 0 Å². The molecule has 1 fully saturated rings. The van der Waals surface area contributed by atoms with Gasteiger partial charge in [0.2, 0.25) is 0 Å². The second-order valence-corrected chi connectivity index (χ2v) is 4.49. The zero-order chi connectivity index (χ0) is 13.9. The van der Waals surface area contributed by atoms with E-state index in [-0.39, 0.29) is 5.92 Å². The van der Waals surface area contributed by atoms with Crippen LogP contribution in [0.25, 0.3) is 6.08 Å². The van der Waals surface area contributed by atoms with Crippen LogP contribution in [-0.2, 0) is 10.9 Å². The molecular weight excluding hydrogens is 253 g/mol. The molecule has 1 unspecified atom stereocenters. The third-order valence-corrected chi connectivity index (χ3v) is 3.06. The molecule has 1 aliphatic rings. The van der Waals surface area contributed by atoms with Crippen LogP contribution < -0.4 is 0 Å². The van der Waals surface area contributed by atoms with E-state index in [2.05, 4.69) is 0 Å². The van der Waals surface area contributed by atoms with Gasteiger partial charge in [-0.15, -0.1) is 0 Å². The first kappa shape index (κ1) is 13.9. The third-order valence-electron chi connectivity index (χ3n) is 3.06. The van der Waals surface area contributed by atoms with Crippen molar-refractivity contribution in [2.45, 2.75) is 13.1 Å². The van der Waals surface area contributed by atoms with Crippen molar-refractivity contribution in [3.8, 4) is 0 Å². The van der Waals surface area contributed by atoms with Crippen molar-refractivity contribution in [3.05, 3.63) is 53.1 Å². The smallest absolute Gasteiger partial charge is 0.376 e. The number of allylic oxidation sites excluding steroid dienone is 1. The Hall–Kier alpha value is -1.55. The molecule has 1 aromatic rings. The van der Waals surface area contributed by atoms with Gasteiger partial charge in [0.25, 0.3) is 0 Å². The van der Waals surface area contributed by atoms with Crippen LogP contribution in [0.1, 0.15) is 18.1 Å². The number of benzene rings is 1. The highest BCUT2D eigenvalue weighted by atomic mass is 19.4. The monoisotopic (exact) mass is 268 g/mol. The Bertz CT molecular complexity index is 483. The minimum absolute atomic E-state index is 0.229. The fourth-order valence-corrected chi connectivity index (χ4v) is 2.06. The summed E-state index contributed by atoms with van der Waals surface area (Å²) in [6.07, 6.45) is 1.62. The number of hydrogen-bond donors (Lipinski definition) is 0. The minimum Gasteiger partial charge on any atom is -0.376 e. The van der Waals surface area contributed by atoms with Gasteiger partial charge in [0, 0.05) is 5.92 Å². The molecule has 2 rings (SSSR count). The average Bonchev–Trinajstić information content (AvgIpc) is 2.77. The van der Waals surface area contributed by atoms with Gasteiger partial charge in [-0.25, -0.2) is 0 Å².